The van der Waals surface area contributed by atoms with Crippen LogP contribution in [0.5, 0.6) is 0 Å². The summed E-state index contributed by atoms with van der Waals surface area (Å²) in [5.41, 5.74) is 1.83. The van der Waals surface area contributed by atoms with Crippen molar-refractivity contribution < 1.29 is 0 Å². The summed E-state index contributed by atoms with van der Waals surface area (Å²) in [6, 6.07) is 8.68. The summed E-state index contributed by atoms with van der Waals surface area (Å²) >= 11 is 3.47. The summed E-state index contributed by atoms with van der Waals surface area (Å²) < 4.78 is 0.969. The van der Waals surface area contributed by atoms with Gasteiger partial charge in [0.2, 0.25) is 0 Å². The number of piperidine rings is 1. The zero-order valence-electron chi connectivity index (χ0n) is 10.9. The molecule has 96 valence electrons. The van der Waals surface area contributed by atoms with Crippen LogP contribution in [0, 0.1) is 11.3 Å². The van der Waals surface area contributed by atoms with Crippen molar-refractivity contribution in [2.75, 3.05) is 32.1 Å². The monoisotopic (exact) mass is 307 g/mol. The predicted octanol–water partition coefficient (Wildman–Crippen LogP) is 2.85. The van der Waals surface area contributed by atoms with E-state index in [1.54, 1.807) is 0 Å². The van der Waals surface area contributed by atoms with E-state index in [4.69, 9.17) is 5.26 Å². The van der Waals surface area contributed by atoms with Crippen molar-refractivity contribution >= 4 is 21.6 Å². The quantitative estimate of drug-likeness (QED) is 0.841. The van der Waals surface area contributed by atoms with Gasteiger partial charge in [-0.25, -0.2) is 0 Å². The molecule has 1 aromatic rings. The highest BCUT2D eigenvalue weighted by molar-refractivity contribution is 9.10. The third-order valence-corrected chi connectivity index (χ3v) is 4.11. The van der Waals surface area contributed by atoms with Gasteiger partial charge in [-0.1, -0.05) is 15.9 Å². The molecule has 1 aliphatic heterocycles. The molecule has 0 spiro atoms. The van der Waals surface area contributed by atoms with Gasteiger partial charge in [0.05, 0.1) is 11.6 Å². The van der Waals surface area contributed by atoms with E-state index in [1.807, 2.05) is 12.1 Å². The van der Waals surface area contributed by atoms with Gasteiger partial charge < -0.3 is 9.80 Å². The summed E-state index contributed by atoms with van der Waals surface area (Å²) in [7, 11) is 4.29. The Bertz CT molecular complexity index is 459. The average Bonchev–Trinajstić information content (AvgIpc) is 2.38. The minimum Gasteiger partial charge on any atom is -0.371 e. The summed E-state index contributed by atoms with van der Waals surface area (Å²) in [6.07, 6.45) is 2.36. The second kappa shape index (κ2) is 5.73. The number of rotatable bonds is 2. The van der Waals surface area contributed by atoms with E-state index in [1.165, 1.54) is 12.8 Å². The lowest BCUT2D eigenvalue weighted by Gasteiger charge is -2.36. The summed E-state index contributed by atoms with van der Waals surface area (Å²) in [6.45, 7) is 2.29. The lowest BCUT2D eigenvalue weighted by Crippen LogP contribution is -2.42. The second-order valence-corrected chi connectivity index (χ2v) is 5.87. The van der Waals surface area contributed by atoms with Crippen molar-refractivity contribution in [3.05, 3.63) is 28.2 Å². The molecule has 1 aromatic carbocycles. The van der Waals surface area contributed by atoms with Gasteiger partial charge in [0.1, 0.15) is 0 Å². The Hall–Kier alpha value is -1.05. The first-order valence-corrected chi connectivity index (χ1v) is 7.01. The third kappa shape index (κ3) is 3.04. The van der Waals surface area contributed by atoms with Crippen LogP contribution < -0.4 is 4.90 Å². The fourth-order valence-corrected chi connectivity index (χ4v) is 2.92. The topological polar surface area (TPSA) is 30.3 Å². The predicted molar refractivity (Wildman–Crippen MR) is 77.8 cm³/mol. The largest absolute Gasteiger partial charge is 0.371 e. The van der Waals surface area contributed by atoms with Gasteiger partial charge in [0.25, 0.3) is 0 Å². The van der Waals surface area contributed by atoms with Crippen molar-refractivity contribution in [2.24, 2.45) is 0 Å². The number of halogens is 1. The molecule has 1 aliphatic rings. The highest BCUT2D eigenvalue weighted by atomic mass is 79.9. The van der Waals surface area contributed by atoms with Gasteiger partial charge in [0, 0.05) is 23.2 Å². The van der Waals surface area contributed by atoms with Gasteiger partial charge >= 0.3 is 0 Å². The molecule has 0 saturated carbocycles. The van der Waals surface area contributed by atoms with Gasteiger partial charge in [0.15, 0.2) is 0 Å². The van der Waals surface area contributed by atoms with Crippen LogP contribution in [0.2, 0.25) is 0 Å². The van der Waals surface area contributed by atoms with Crippen LogP contribution in [0.25, 0.3) is 0 Å². The Labute approximate surface area is 117 Å². The van der Waals surface area contributed by atoms with Gasteiger partial charge in [-0.15, -0.1) is 0 Å². The van der Waals surface area contributed by atoms with E-state index in [2.05, 4.69) is 52.0 Å². The zero-order valence-corrected chi connectivity index (χ0v) is 12.4. The standard InChI is InChI=1S/C14H18BrN3/c1-17-5-3-13(4-6-17)18(2)14-8-11(10-16)7-12(15)9-14/h7-9,13H,3-6H2,1-2H3. The molecule has 0 aliphatic carbocycles. The van der Waals surface area contributed by atoms with E-state index < -0.39 is 0 Å². The molecule has 0 atom stereocenters. The van der Waals surface area contributed by atoms with Crippen LogP contribution in [0.4, 0.5) is 5.69 Å². The molecule has 0 unspecified atom stereocenters. The van der Waals surface area contributed by atoms with Gasteiger partial charge in [-0.05, 0) is 51.2 Å². The van der Waals surface area contributed by atoms with Crippen LogP contribution in [0.1, 0.15) is 18.4 Å². The third-order valence-electron chi connectivity index (χ3n) is 3.65. The molecule has 0 radical (unpaired) electrons. The van der Waals surface area contributed by atoms with Crippen LogP contribution >= 0.6 is 15.9 Å². The molecular weight excluding hydrogens is 290 g/mol. The molecule has 2 rings (SSSR count). The lowest BCUT2D eigenvalue weighted by atomic mass is 10.0. The average molecular weight is 308 g/mol. The highest BCUT2D eigenvalue weighted by Gasteiger charge is 2.21. The fraction of sp³-hybridized carbons (Fsp3) is 0.500. The van der Waals surface area contributed by atoms with Crippen molar-refractivity contribution in [1.82, 2.24) is 4.90 Å². The van der Waals surface area contributed by atoms with Gasteiger partial charge in [-0.2, -0.15) is 5.26 Å². The summed E-state index contributed by atoms with van der Waals surface area (Å²) in [5.74, 6) is 0. The number of likely N-dealkylation sites (tertiary alicyclic amines) is 1. The number of hydrogen-bond acceptors (Lipinski definition) is 3. The van der Waals surface area contributed by atoms with Crippen molar-refractivity contribution in [1.29, 1.82) is 5.26 Å². The lowest BCUT2D eigenvalue weighted by molar-refractivity contribution is 0.253. The first-order valence-electron chi connectivity index (χ1n) is 6.22. The molecule has 18 heavy (non-hydrogen) atoms. The normalized spacial score (nSPS) is 17.4. The Kier molecular flexibility index (Phi) is 4.26. The molecule has 0 N–H and O–H groups in total. The highest BCUT2D eigenvalue weighted by Crippen LogP contribution is 2.26. The number of anilines is 1. The number of nitrogens with zero attached hydrogens (tertiary/aromatic N) is 3. The maximum atomic E-state index is 9.02. The second-order valence-electron chi connectivity index (χ2n) is 4.96. The number of nitriles is 1. The fourth-order valence-electron chi connectivity index (χ4n) is 2.44. The van der Waals surface area contributed by atoms with E-state index >= 15 is 0 Å². The Balaban J connectivity index is 2.16. The molecule has 0 aromatic heterocycles. The first-order chi connectivity index (χ1) is 8.60. The molecule has 1 fully saturated rings. The van der Waals surface area contributed by atoms with Crippen molar-refractivity contribution in [3.8, 4) is 6.07 Å². The SMILES string of the molecule is CN1CCC(N(C)c2cc(Br)cc(C#N)c2)CC1. The summed E-state index contributed by atoms with van der Waals surface area (Å²) in [5, 5.41) is 9.02. The van der Waals surface area contributed by atoms with E-state index in [0.717, 1.165) is 23.2 Å². The number of benzene rings is 1. The van der Waals surface area contributed by atoms with E-state index in [9.17, 15) is 0 Å². The molecule has 4 heteroatoms. The first kappa shape index (κ1) is 13.4. The molecule has 1 heterocycles. The molecular formula is C14H18BrN3. The minimum absolute atomic E-state index is 0.571. The van der Waals surface area contributed by atoms with Crippen LogP contribution in [-0.4, -0.2) is 38.1 Å². The Morgan fingerprint density at radius 3 is 2.61 bits per heavy atom. The summed E-state index contributed by atoms with van der Waals surface area (Å²) in [4.78, 5) is 4.67. The van der Waals surface area contributed by atoms with Crippen molar-refractivity contribution in [2.45, 2.75) is 18.9 Å². The molecule has 1 saturated heterocycles. The zero-order chi connectivity index (χ0) is 13.1. The van der Waals surface area contributed by atoms with Crippen LogP contribution in [0.3, 0.4) is 0 Å². The van der Waals surface area contributed by atoms with Crippen molar-refractivity contribution in [3.63, 3.8) is 0 Å². The van der Waals surface area contributed by atoms with E-state index in [0.29, 0.717) is 11.6 Å². The molecule has 3 nitrogen and oxygen atoms in total. The minimum atomic E-state index is 0.571. The Morgan fingerprint density at radius 1 is 1.33 bits per heavy atom. The van der Waals surface area contributed by atoms with Crippen LogP contribution in [0.15, 0.2) is 22.7 Å². The smallest absolute Gasteiger partial charge is 0.0992 e. The van der Waals surface area contributed by atoms with E-state index in [-0.39, 0.29) is 0 Å². The molecule has 0 amide bonds. The maximum absolute atomic E-state index is 9.02. The maximum Gasteiger partial charge on any atom is 0.0992 e. The molecule has 0 bridgehead atoms. The van der Waals surface area contributed by atoms with Gasteiger partial charge in [-0.3, -0.25) is 0 Å². The van der Waals surface area contributed by atoms with Crippen LogP contribution in [-0.2, 0) is 0 Å². The Morgan fingerprint density at radius 2 is 2.00 bits per heavy atom. The number of hydrogen-bond donors (Lipinski definition) is 0.